The highest BCUT2D eigenvalue weighted by Crippen LogP contribution is 2.22. The molecule has 2 aromatic carbocycles. The molecule has 0 saturated carbocycles. The van der Waals surface area contributed by atoms with Gasteiger partial charge in [-0.25, -0.2) is 4.68 Å². The van der Waals surface area contributed by atoms with Crippen LogP contribution in [0.25, 0.3) is 10.8 Å². The third kappa shape index (κ3) is 4.63. The van der Waals surface area contributed by atoms with Crippen molar-refractivity contribution in [3.8, 4) is 5.75 Å². The Kier molecular flexibility index (Phi) is 6.29. The SMILES string of the molecule is COc1cccc(C(CNC(=O)Cn2nc(C)c3ccccc3c2=O)N(C)C)c1. The first-order valence-electron chi connectivity index (χ1n) is 9.44. The first kappa shape index (κ1) is 20.5. The van der Waals surface area contributed by atoms with Gasteiger partial charge in [-0.05, 0) is 44.8 Å². The van der Waals surface area contributed by atoms with Crippen LogP contribution in [0.2, 0.25) is 0 Å². The van der Waals surface area contributed by atoms with Crippen molar-refractivity contribution in [2.75, 3.05) is 27.7 Å². The van der Waals surface area contributed by atoms with Crippen LogP contribution < -0.4 is 15.6 Å². The Morgan fingerprint density at radius 1 is 1.17 bits per heavy atom. The van der Waals surface area contributed by atoms with Gasteiger partial charge in [0, 0.05) is 11.9 Å². The maximum absolute atomic E-state index is 12.7. The van der Waals surface area contributed by atoms with Crippen LogP contribution in [0.5, 0.6) is 5.75 Å². The fourth-order valence-corrected chi connectivity index (χ4v) is 3.36. The van der Waals surface area contributed by atoms with E-state index in [0.717, 1.165) is 22.4 Å². The van der Waals surface area contributed by atoms with Crippen molar-refractivity contribution < 1.29 is 9.53 Å². The zero-order chi connectivity index (χ0) is 21.0. The lowest BCUT2D eigenvalue weighted by Gasteiger charge is -2.25. The highest BCUT2D eigenvalue weighted by atomic mass is 16.5. The van der Waals surface area contributed by atoms with Gasteiger partial charge in [0.15, 0.2) is 0 Å². The number of benzene rings is 2. The Hall–Kier alpha value is -3.19. The average molecular weight is 394 g/mol. The highest BCUT2D eigenvalue weighted by Gasteiger charge is 2.17. The van der Waals surface area contributed by atoms with E-state index >= 15 is 0 Å². The summed E-state index contributed by atoms with van der Waals surface area (Å²) in [5, 5.41) is 8.59. The summed E-state index contributed by atoms with van der Waals surface area (Å²) in [6.45, 7) is 2.12. The highest BCUT2D eigenvalue weighted by molar-refractivity contribution is 5.83. The van der Waals surface area contributed by atoms with Gasteiger partial charge in [0.2, 0.25) is 5.91 Å². The van der Waals surface area contributed by atoms with E-state index in [2.05, 4.69) is 10.4 Å². The summed E-state index contributed by atoms with van der Waals surface area (Å²) < 4.78 is 6.52. The van der Waals surface area contributed by atoms with Gasteiger partial charge < -0.3 is 15.0 Å². The Labute approximate surface area is 169 Å². The third-order valence-corrected chi connectivity index (χ3v) is 4.94. The predicted molar refractivity (Wildman–Crippen MR) is 113 cm³/mol. The van der Waals surface area contributed by atoms with Crippen LogP contribution >= 0.6 is 0 Å². The molecule has 0 fully saturated rings. The molecule has 0 saturated heterocycles. The molecular weight excluding hydrogens is 368 g/mol. The first-order valence-corrected chi connectivity index (χ1v) is 9.44. The van der Waals surface area contributed by atoms with E-state index in [1.54, 1.807) is 13.2 Å². The lowest BCUT2D eigenvalue weighted by molar-refractivity contribution is -0.122. The van der Waals surface area contributed by atoms with E-state index in [1.807, 2.05) is 68.4 Å². The van der Waals surface area contributed by atoms with Crippen LogP contribution in [0.15, 0.2) is 53.3 Å². The summed E-state index contributed by atoms with van der Waals surface area (Å²) in [5.74, 6) is 0.507. The lowest BCUT2D eigenvalue weighted by atomic mass is 10.1. The number of carbonyl (C=O) groups excluding carboxylic acids is 1. The van der Waals surface area contributed by atoms with Crippen LogP contribution in [0.4, 0.5) is 0 Å². The molecule has 29 heavy (non-hydrogen) atoms. The molecule has 7 heteroatoms. The van der Waals surface area contributed by atoms with Crippen LogP contribution in [0.1, 0.15) is 17.3 Å². The molecule has 1 aromatic heterocycles. The Bertz CT molecular complexity index is 1080. The summed E-state index contributed by atoms with van der Waals surface area (Å²) in [4.78, 5) is 27.2. The van der Waals surface area contributed by atoms with Crippen molar-refractivity contribution in [2.24, 2.45) is 0 Å². The molecule has 7 nitrogen and oxygen atoms in total. The number of hydrogen-bond acceptors (Lipinski definition) is 5. The number of hydrogen-bond donors (Lipinski definition) is 1. The Morgan fingerprint density at radius 2 is 1.90 bits per heavy atom. The Balaban J connectivity index is 1.74. The molecule has 1 N–H and O–H groups in total. The van der Waals surface area contributed by atoms with Gasteiger partial charge >= 0.3 is 0 Å². The van der Waals surface area contributed by atoms with Crippen LogP contribution in [0, 0.1) is 6.92 Å². The van der Waals surface area contributed by atoms with Gasteiger partial charge in [0.1, 0.15) is 12.3 Å². The largest absolute Gasteiger partial charge is 0.497 e. The second kappa shape index (κ2) is 8.87. The molecular formula is C22H26N4O3. The smallest absolute Gasteiger partial charge is 0.275 e. The normalized spacial score (nSPS) is 12.2. The van der Waals surface area contributed by atoms with E-state index in [9.17, 15) is 9.59 Å². The molecule has 0 bridgehead atoms. The third-order valence-electron chi connectivity index (χ3n) is 4.94. The van der Waals surface area contributed by atoms with E-state index in [-0.39, 0.29) is 24.1 Å². The maximum atomic E-state index is 12.7. The maximum Gasteiger partial charge on any atom is 0.275 e. The number of rotatable bonds is 7. The summed E-state index contributed by atoms with van der Waals surface area (Å²) >= 11 is 0. The zero-order valence-corrected chi connectivity index (χ0v) is 17.2. The molecule has 0 aliphatic rings. The molecule has 0 aliphatic heterocycles. The number of ether oxygens (including phenoxy) is 1. The van der Waals surface area contributed by atoms with Crippen molar-refractivity contribution in [3.05, 3.63) is 70.1 Å². The van der Waals surface area contributed by atoms with Crippen molar-refractivity contribution in [1.29, 1.82) is 0 Å². The summed E-state index contributed by atoms with van der Waals surface area (Å²) in [5.41, 5.74) is 1.49. The minimum absolute atomic E-state index is 0.0305. The number of fused-ring (bicyclic) bond motifs is 1. The lowest BCUT2D eigenvalue weighted by Crippen LogP contribution is -2.38. The number of aromatic nitrogens is 2. The van der Waals surface area contributed by atoms with Crippen LogP contribution in [0.3, 0.4) is 0 Å². The van der Waals surface area contributed by atoms with Gasteiger partial charge in [-0.15, -0.1) is 0 Å². The molecule has 0 radical (unpaired) electrons. The summed E-state index contributed by atoms with van der Waals surface area (Å²) in [6.07, 6.45) is 0. The number of likely N-dealkylation sites (N-methyl/N-ethyl adjacent to an activating group) is 1. The van der Waals surface area contributed by atoms with Gasteiger partial charge in [0.25, 0.3) is 5.56 Å². The van der Waals surface area contributed by atoms with Crippen molar-refractivity contribution >= 4 is 16.7 Å². The van der Waals surface area contributed by atoms with Crippen molar-refractivity contribution in [1.82, 2.24) is 20.0 Å². The standard InChI is InChI=1S/C22H26N4O3/c1-15-18-10-5-6-11-19(18)22(28)26(24-15)14-21(27)23-13-20(25(2)3)16-8-7-9-17(12-16)29-4/h5-12,20H,13-14H2,1-4H3,(H,23,27). The Morgan fingerprint density at radius 3 is 2.59 bits per heavy atom. The number of carbonyl (C=O) groups is 1. The average Bonchev–Trinajstić information content (AvgIpc) is 2.72. The molecule has 0 spiro atoms. The molecule has 3 rings (SSSR count). The monoisotopic (exact) mass is 394 g/mol. The second-order valence-corrected chi connectivity index (χ2v) is 7.15. The second-order valence-electron chi connectivity index (χ2n) is 7.15. The summed E-state index contributed by atoms with van der Waals surface area (Å²) in [6, 6.07) is 15.0. The van der Waals surface area contributed by atoms with Gasteiger partial charge in [0.05, 0.1) is 24.2 Å². The van der Waals surface area contributed by atoms with E-state index < -0.39 is 0 Å². The summed E-state index contributed by atoms with van der Waals surface area (Å²) in [7, 11) is 5.53. The topological polar surface area (TPSA) is 76.5 Å². The first-order chi connectivity index (χ1) is 13.9. The number of amides is 1. The molecule has 1 unspecified atom stereocenters. The number of aryl methyl sites for hydroxylation is 1. The molecule has 152 valence electrons. The zero-order valence-electron chi connectivity index (χ0n) is 17.2. The quantitative estimate of drug-likeness (QED) is 0.664. The van der Waals surface area contributed by atoms with Crippen molar-refractivity contribution in [2.45, 2.75) is 19.5 Å². The molecule has 3 aromatic rings. The minimum Gasteiger partial charge on any atom is -0.497 e. The fourth-order valence-electron chi connectivity index (χ4n) is 3.36. The number of nitrogens with one attached hydrogen (secondary N) is 1. The van der Waals surface area contributed by atoms with E-state index in [0.29, 0.717) is 11.9 Å². The van der Waals surface area contributed by atoms with Gasteiger partial charge in [-0.1, -0.05) is 30.3 Å². The minimum atomic E-state index is -0.265. The predicted octanol–water partition coefficient (Wildman–Crippen LogP) is 2.13. The molecule has 1 atom stereocenters. The van der Waals surface area contributed by atoms with Gasteiger partial charge in [-0.3, -0.25) is 9.59 Å². The van der Waals surface area contributed by atoms with Crippen LogP contribution in [-0.4, -0.2) is 48.3 Å². The molecule has 0 aliphatic carbocycles. The number of nitrogens with zero attached hydrogens (tertiary/aromatic N) is 3. The fraction of sp³-hybridized carbons (Fsp3) is 0.318. The van der Waals surface area contributed by atoms with Gasteiger partial charge in [-0.2, -0.15) is 5.10 Å². The molecule has 1 amide bonds. The molecule has 1 heterocycles. The van der Waals surface area contributed by atoms with E-state index in [4.69, 9.17) is 4.74 Å². The van der Waals surface area contributed by atoms with E-state index in [1.165, 1.54) is 4.68 Å². The van der Waals surface area contributed by atoms with Crippen LogP contribution in [-0.2, 0) is 11.3 Å². The van der Waals surface area contributed by atoms with Crippen molar-refractivity contribution in [3.63, 3.8) is 0 Å². The number of methoxy groups -OCH3 is 1.